The molecule has 2 heterocycles. The minimum Gasteiger partial charge on any atom is -0.435 e. The van der Waals surface area contributed by atoms with Gasteiger partial charge in [-0.3, -0.25) is 4.79 Å². The third kappa shape index (κ3) is 5.10. The quantitative estimate of drug-likeness (QED) is 0.513. The topological polar surface area (TPSA) is 64.2 Å². The molecular formula is C21H25BrN4O2. The van der Waals surface area contributed by atoms with Gasteiger partial charge in [-0.25, -0.2) is 9.97 Å². The van der Waals surface area contributed by atoms with E-state index in [2.05, 4.69) is 39.7 Å². The van der Waals surface area contributed by atoms with Crippen LogP contribution in [-0.2, 0) is 19.5 Å². The smallest absolute Gasteiger partial charge is 0.291 e. The average Bonchev–Trinajstić information content (AvgIpc) is 3.28. The highest BCUT2D eigenvalue weighted by Gasteiger charge is 2.24. The molecule has 0 atom stereocenters. The van der Waals surface area contributed by atoms with Gasteiger partial charge in [-0.15, -0.1) is 0 Å². The van der Waals surface area contributed by atoms with E-state index >= 15 is 0 Å². The maximum Gasteiger partial charge on any atom is 0.291 e. The number of hydrogen-bond acceptors (Lipinski definition) is 4. The van der Waals surface area contributed by atoms with Crippen LogP contribution >= 0.6 is 15.9 Å². The van der Waals surface area contributed by atoms with Crippen LogP contribution in [0.1, 0.15) is 41.6 Å². The molecule has 0 saturated carbocycles. The number of aryl methyl sites for hydroxylation is 1. The van der Waals surface area contributed by atoms with E-state index in [-0.39, 0.29) is 5.91 Å². The highest BCUT2D eigenvalue weighted by Crippen LogP contribution is 2.21. The van der Waals surface area contributed by atoms with Gasteiger partial charge in [0.1, 0.15) is 0 Å². The van der Waals surface area contributed by atoms with E-state index in [0.717, 1.165) is 10.0 Å². The summed E-state index contributed by atoms with van der Waals surface area (Å²) in [5.41, 5.74) is 1.68. The first-order valence-electron chi connectivity index (χ1n) is 9.38. The molecule has 2 aromatic heterocycles. The lowest BCUT2D eigenvalue weighted by Crippen LogP contribution is -2.33. The summed E-state index contributed by atoms with van der Waals surface area (Å²) < 4.78 is 8.77. The Morgan fingerprint density at radius 2 is 2.11 bits per heavy atom. The van der Waals surface area contributed by atoms with Gasteiger partial charge in [0.2, 0.25) is 5.76 Å². The molecule has 1 amide bonds. The Balaban J connectivity index is 1.83. The number of aromatic nitrogens is 3. The molecule has 0 spiro atoms. The van der Waals surface area contributed by atoms with Gasteiger partial charge in [-0.1, -0.05) is 48.0 Å². The van der Waals surface area contributed by atoms with Crippen LogP contribution in [0.5, 0.6) is 0 Å². The standard InChI is InChI=1S/C21H25BrN4O2/c1-15(2)12-19-24-16(3)20(28-19)21(27)26(11-10-25-9-8-23-14-25)13-17-6-4-5-7-18(17)22/h4-9,14-15H,10-13H2,1-3H3. The van der Waals surface area contributed by atoms with Crippen molar-refractivity contribution in [1.82, 2.24) is 19.4 Å². The summed E-state index contributed by atoms with van der Waals surface area (Å²) in [6.45, 7) is 7.71. The maximum absolute atomic E-state index is 13.3. The Morgan fingerprint density at radius 1 is 1.32 bits per heavy atom. The van der Waals surface area contributed by atoms with Crippen LogP contribution < -0.4 is 0 Å². The molecule has 3 rings (SSSR count). The lowest BCUT2D eigenvalue weighted by atomic mass is 10.1. The fourth-order valence-corrected chi connectivity index (χ4v) is 3.38. The monoisotopic (exact) mass is 444 g/mol. The van der Waals surface area contributed by atoms with E-state index in [1.165, 1.54) is 0 Å². The van der Waals surface area contributed by atoms with Gasteiger partial charge in [0.05, 0.1) is 12.0 Å². The summed E-state index contributed by atoms with van der Waals surface area (Å²) in [5.74, 6) is 1.22. The van der Waals surface area contributed by atoms with Crippen LogP contribution in [0.3, 0.4) is 0 Å². The number of carbonyl (C=O) groups excluding carboxylic acids is 1. The van der Waals surface area contributed by atoms with Crippen LogP contribution in [0.25, 0.3) is 0 Å². The van der Waals surface area contributed by atoms with E-state index in [0.29, 0.717) is 49.3 Å². The first kappa shape index (κ1) is 20.3. The molecule has 0 aliphatic carbocycles. The molecule has 0 unspecified atom stereocenters. The maximum atomic E-state index is 13.3. The summed E-state index contributed by atoms with van der Waals surface area (Å²) in [6, 6.07) is 7.93. The van der Waals surface area contributed by atoms with Gasteiger partial charge in [-0.2, -0.15) is 0 Å². The van der Waals surface area contributed by atoms with E-state index in [9.17, 15) is 4.79 Å². The van der Waals surface area contributed by atoms with Crippen LogP contribution in [0.2, 0.25) is 0 Å². The van der Waals surface area contributed by atoms with Crippen LogP contribution in [0.4, 0.5) is 0 Å². The lowest BCUT2D eigenvalue weighted by Gasteiger charge is -2.23. The van der Waals surface area contributed by atoms with Gasteiger partial charge >= 0.3 is 0 Å². The zero-order valence-corrected chi connectivity index (χ0v) is 18.0. The van der Waals surface area contributed by atoms with Crippen molar-refractivity contribution in [3.05, 3.63) is 70.4 Å². The first-order chi connectivity index (χ1) is 13.4. The van der Waals surface area contributed by atoms with Crippen molar-refractivity contribution >= 4 is 21.8 Å². The van der Waals surface area contributed by atoms with Gasteiger partial charge in [0.25, 0.3) is 5.91 Å². The van der Waals surface area contributed by atoms with Gasteiger partial charge in [0.15, 0.2) is 5.89 Å². The Labute approximate surface area is 173 Å². The second kappa shape index (κ2) is 9.19. The number of rotatable bonds is 8. The first-order valence-corrected chi connectivity index (χ1v) is 10.2. The number of nitrogens with zero attached hydrogens (tertiary/aromatic N) is 4. The summed E-state index contributed by atoms with van der Waals surface area (Å²) in [4.78, 5) is 23.6. The van der Waals surface area contributed by atoms with E-state index in [4.69, 9.17) is 4.42 Å². The molecule has 0 saturated heterocycles. The molecule has 0 radical (unpaired) electrons. The summed E-state index contributed by atoms with van der Waals surface area (Å²) in [7, 11) is 0. The Hall–Kier alpha value is -2.41. The molecular weight excluding hydrogens is 420 g/mol. The Morgan fingerprint density at radius 3 is 2.79 bits per heavy atom. The molecule has 3 aromatic rings. The van der Waals surface area contributed by atoms with Crippen LogP contribution in [0.15, 0.2) is 51.9 Å². The zero-order chi connectivity index (χ0) is 20.1. The van der Waals surface area contributed by atoms with Crippen molar-refractivity contribution < 1.29 is 9.21 Å². The van der Waals surface area contributed by atoms with E-state index in [1.807, 2.05) is 42.0 Å². The number of carbonyl (C=O) groups is 1. The summed E-state index contributed by atoms with van der Waals surface area (Å²) >= 11 is 3.58. The van der Waals surface area contributed by atoms with E-state index < -0.39 is 0 Å². The third-order valence-electron chi connectivity index (χ3n) is 4.41. The van der Waals surface area contributed by atoms with Gasteiger partial charge in [0, 0.05) is 42.9 Å². The molecule has 0 bridgehead atoms. The molecule has 0 aliphatic heterocycles. The Kier molecular flexibility index (Phi) is 6.67. The van der Waals surface area contributed by atoms with Crippen LogP contribution in [-0.4, -0.2) is 31.9 Å². The fraction of sp³-hybridized carbons (Fsp3) is 0.381. The largest absolute Gasteiger partial charge is 0.435 e. The molecule has 0 N–H and O–H groups in total. The normalized spacial score (nSPS) is 11.2. The van der Waals surface area contributed by atoms with E-state index in [1.54, 1.807) is 17.4 Å². The van der Waals surface area contributed by atoms with Crippen molar-refractivity contribution in [2.75, 3.05) is 6.54 Å². The van der Waals surface area contributed by atoms with Crippen molar-refractivity contribution in [2.24, 2.45) is 5.92 Å². The van der Waals surface area contributed by atoms with Crippen molar-refractivity contribution in [3.8, 4) is 0 Å². The number of oxazole rings is 1. The van der Waals surface area contributed by atoms with Gasteiger partial charge in [-0.05, 0) is 24.5 Å². The molecule has 0 fully saturated rings. The summed E-state index contributed by atoms with van der Waals surface area (Å²) in [6.07, 6.45) is 6.09. The zero-order valence-electron chi connectivity index (χ0n) is 16.4. The lowest BCUT2D eigenvalue weighted by molar-refractivity contribution is 0.0701. The van der Waals surface area contributed by atoms with Crippen LogP contribution in [0, 0.1) is 12.8 Å². The molecule has 0 aliphatic rings. The summed E-state index contributed by atoms with van der Waals surface area (Å²) in [5, 5.41) is 0. The molecule has 1 aromatic carbocycles. The van der Waals surface area contributed by atoms with Crippen molar-refractivity contribution in [3.63, 3.8) is 0 Å². The predicted octanol–water partition coefficient (Wildman–Crippen LogP) is 4.48. The number of imidazole rings is 1. The molecule has 148 valence electrons. The SMILES string of the molecule is Cc1nc(CC(C)C)oc1C(=O)N(CCn1ccnc1)Cc1ccccc1Br. The second-order valence-electron chi connectivity index (χ2n) is 7.24. The third-order valence-corrected chi connectivity index (χ3v) is 5.19. The highest BCUT2D eigenvalue weighted by atomic mass is 79.9. The number of halogens is 1. The minimum atomic E-state index is -0.143. The fourth-order valence-electron chi connectivity index (χ4n) is 2.97. The highest BCUT2D eigenvalue weighted by molar-refractivity contribution is 9.10. The second-order valence-corrected chi connectivity index (χ2v) is 8.09. The Bertz CT molecular complexity index is 918. The molecule has 7 heteroatoms. The predicted molar refractivity (Wildman–Crippen MR) is 111 cm³/mol. The van der Waals surface area contributed by atoms with Crippen molar-refractivity contribution in [2.45, 2.75) is 40.3 Å². The van der Waals surface area contributed by atoms with Gasteiger partial charge < -0.3 is 13.9 Å². The number of hydrogen-bond donors (Lipinski definition) is 0. The molecule has 6 nitrogen and oxygen atoms in total. The van der Waals surface area contributed by atoms with Crippen molar-refractivity contribution in [1.29, 1.82) is 0 Å². The average molecular weight is 445 g/mol. The number of benzene rings is 1. The number of amides is 1. The molecule has 28 heavy (non-hydrogen) atoms. The minimum absolute atomic E-state index is 0.143.